The molecule has 2 saturated heterocycles. The van der Waals surface area contributed by atoms with Crippen LogP contribution in [0.5, 0.6) is 0 Å². The minimum Gasteiger partial charge on any atom is -0.361 e. The van der Waals surface area contributed by atoms with E-state index in [1.54, 1.807) is 6.92 Å². The minimum atomic E-state index is -1.23. The molecule has 0 radical (unpaired) electrons. The van der Waals surface area contributed by atoms with E-state index in [-0.39, 0.29) is 11.7 Å². The lowest BCUT2D eigenvalue weighted by molar-refractivity contribution is -0.225. The van der Waals surface area contributed by atoms with Crippen LogP contribution < -0.4 is 11.2 Å². The zero-order valence-corrected chi connectivity index (χ0v) is 17.0. The van der Waals surface area contributed by atoms with Gasteiger partial charge in [-0.2, -0.15) is 5.26 Å². The summed E-state index contributed by atoms with van der Waals surface area (Å²) in [4.78, 5) is 26.5. The molecule has 4 rings (SSSR count). The summed E-state index contributed by atoms with van der Waals surface area (Å²) in [6, 6.07) is 2.05. The van der Waals surface area contributed by atoms with Crippen molar-refractivity contribution < 1.29 is 18.5 Å². The molecule has 1 saturated carbocycles. The fourth-order valence-corrected chi connectivity index (χ4v) is 5.44. The maximum atomic E-state index is 12.4. The van der Waals surface area contributed by atoms with Crippen LogP contribution in [0.15, 0.2) is 15.8 Å². The van der Waals surface area contributed by atoms with E-state index in [9.17, 15) is 9.59 Å². The number of aryl methyl sites for hydroxylation is 1. The molecule has 0 aromatic carbocycles. The van der Waals surface area contributed by atoms with Crippen molar-refractivity contribution in [3.05, 3.63) is 32.6 Å². The van der Waals surface area contributed by atoms with Crippen molar-refractivity contribution in [3.8, 4) is 6.07 Å². The molecule has 9 nitrogen and oxygen atoms in total. The van der Waals surface area contributed by atoms with Gasteiger partial charge in [-0.15, -0.1) is 0 Å². The van der Waals surface area contributed by atoms with Crippen LogP contribution in [0.3, 0.4) is 0 Å². The van der Waals surface area contributed by atoms with Crippen molar-refractivity contribution in [1.82, 2.24) is 9.55 Å². The van der Waals surface area contributed by atoms with E-state index in [1.165, 1.54) is 10.8 Å². The Morgan fingerprint density at radius 3 is 2.82 bits per heavy atom. The molecule has 10 heteroatoms. The van der Waals surface area contributed by atoms with Gasteiger partial charge in [0.25, 0.3) is 5.56 Å². The van der Waals surface area contributed by atoms with E-state index in [0.717, 1.165) is 12.8 Å². The Bertz CT molecular complexity index is 919. The number of aromatic nitrogens is 2. The second kappa shape index (κ2) is 7.05. The Labute approximate surface area is 163 Å². The van der Waals surface area contributed by atoms with E-state index in [2.05, 4.69) is 4.98 Å². The van der Waals surface area contributed by atoms with Crippen molar-refractivity contribution in [2.75, 3.05) is 13.3 Å². The predicted octanol–water partition coefficient (Wildman–Crippen LogP) is 1.71. The summed E-state index contributed by atoms with van der Waals surface area (Å²) >= 11 is 0. The highest BCUT2D eigenvalue weighted by Crippen LogP contribution is 2.67. The summed E-state index contributed by atoms with van der Waals surface area (Å²) in [6.07, 6.45) is 2.71. The summed E-state index contributed by atoms with van der Waals surface area (Å²) in [7, 11) is -1.23. The van der Waals surface area contributed by atoms with Crippen molar-refractivity contribution in [3.63, 3.8) is 0 Å². The molecule has 0 amide bonds. The molecule has 1 aliphatic carbocycles. The van der Waals surface area contributed by atoms with Gasteiger partial charge in [-0.25, -0.2) is 4.79 Å². The molecule has 152 valence electrons. The highest BCUT2D eigenvalue weighted by Gasteiger charge is 2.78. The standard InChI is InChI=1S/C18H24N3O6P/c1-4-18-13(27-28(3)24-9-5-8-19)12(25-17(18)6-7-17)15(26-18)21-10-11(2)14(22)20-16(21)23/h10,12-13,15H,4-7,9H2,1-3H3,(H,20,22,23)/t12-,13?,15+,18+,28?/m0/s1. The number of nitriles is 1. The molecule has 1 aromatic rings. The predicted molar refractivity (Wildman–Crippen MR) is 99.9 cm³/mol. The van der Waals surface area contributed by atoms with Gasteiger partial charge in [-0.05, 0) is 26.2 Å². The van der Waals surface area contributed by atoms with E-state index >= 15 is 0 Å². The van der Waals surface area contributed by atoms with Crippen LogP contribution in [-0.2, 0) is 18.5 Å². The largest absolute Gasteiger partial charge is 0.361 e. The molecule has 1 aromatic heterocycles. The smallest absolute Gasteiger partial charge is 0.330 e. The Balaban J connectivity index is 1.64. The van der Waals surface area contributed by atoms with Gasteiger partial charge in [0, 0.05) is 18.4 Å². The molecule has 2 bridgehead atoms. The number of hydrogen-bond donors (Lipinski definition) is 1. The lowest BCUT2D eigenvalue weighted by Crippen LogP contribution is -2.50. The fourth-order valence-electron chi connectivity index (χ4n) is 4.42. The normalized spacial score (nSPS) is 33.1. The van der Waals surface area contributed by atoms with Gasteiger partial charge in [0.2, 0.25) is 0 Å². The van der Waals surface area contributed by atoms with Crippen LogP contribution in [0.2, 0.25) is 0 Å². The first-order valence-electron chi connectivity index (χ1n) is 9.45. The van der Waals surface area contributed by atoms with Crippen LogP contribution in [0, 0.1) is 18.3 Å². The number of nitrogens with zero attached hydrogens (tertiary/aromatic N) is 2. The highest BCUT2D eigenvalue weighted by molar-refractivity contribution is 7.46. The average Bonchev–Trinajstić information content (AvgIpc) is 3.31. The second-order valence-corrected chi connectivity index (χ2v) is 8.86. The minimum absolute atomic E-state index is 0.300. The first kappa shape index (κ1) is 19.7. The molecule has 2 aliphatic heterocycles. The summed E-state index contributed by atoms with van der Waals surface area (Å²) in [5.41, 5.74) is -1.56. The van der Waals surface area contributed by atoms with Gasteiger partial charge in [-0.3, -0.25) is 14.3 Å². The van der Waals surface area contributed by atoms with Gasteiger partial charge in [0.15, 0.2) is 14.6 Å². The van der Waals surface area contributed by atoms with E-state index in [1.807, 2.05) is 19.7 Å². The highest BCUT2D eigenvalue weighted by atomic mass is 31.2. The molecule has 2 unspecified atom stereocenters. The van der Waals surface area contributed by atoms with Crippen molar-refractivity contribution in [2.45, 2.75) is 69.2 Å². The van der Waals surface area contributed by atoms with E-state index < -0.39 is 37.6 Å². The molecule has 1 spiro atoms. The third kappa shape index (κ3) is 2.87. The van der Waals surface area contributed by atoms with E-state index in [0.29, 0.717) is 25.0 Å². The van der Waals surface area contributed by atoms with Gasteiger partial charge in [0.05, 0.1) is 19.1 Å². The maximum Gasteiger partial charge on any atom is 0.330 e. The Morgan fingerprint density at radius 1 is 1.43 bits per heavy atom. The first-order chi connectivity index (χ1) is 13.4. The van der Waals surface area contributed by atoms with Gasteiger partial charge < -0.3 is 18.5 Å². The van der Waals surface area contributed by atoms with Crippen LogP contribution in [-0.4, -0.2) is 46.2 Å². The Morgan fingerprint density at radius 2 is 2.18 bits per heavy atom. The van der Waals surface area contributed by atoms with Crippen LogP contribution in [0.1, 0.15) is 44.4 Å². The number of nitrogens with one attached hydrogen (secondary N) is 1. The zero-order chi connectivity index (χ0) is 20.1. The zero-order valence-electron chi connectivity index (χ0n) is 16.1. The quantitative estimate of drug-likeness (QED) is 0.538. The van der Waals surface area contributed by atoms with Crippen molar-refractivity contribution in [2.24, 2.45) is 0 Å². The van der Waals surface area contributed by atoms with Crippen molar-refractivity contribution >= 4 is 8.38 Å². The third-order valence-electron chi connectivity index (χ3n) is 5.90. The molecule has 28 heavy (non-hydrogen) atoms. The first-order valence-corrected chi connectivity index (χ1v) is 11.1. The van der Waals surface area contributed by atoms with Crippen LogP contribution in [0.25, 0.3) is 0 Å². The Kier molecular flexibility index (Phi) is 4.97. The fraction of sp³-hybridized carbons (Fsp3) is 0.722. The molecular formula is C18H24N3O6P. The van der Waals surface area contributed by atoms with Crippen LogP contribution in [0.4, 0.5) is 0 Å². The molecule has 3 aliphatic rings. The third-order valence-corrected chi connectivity index (χ3v) is 6.97. The monoisotopic (exact) mass is 409 g/mol. The molecule has 3 heterocycles. The number of ether oxygens (including phenoxy) is 2. The van der Waals surface area contributed by atoms with Crippen molar-refractivity contribution in [1.29, 1.82) is 5.26 Å². The van der Waals surface area contributed by atoms with E-state index in [4.69, 9.17) is 23.8 Å². The number of aromatic amines is 1. The SMILES string of the molecule is CC[C@]12O[C@@H](n3cc(C)c(=O)[nH]c3=O)[C@@H](OC13CC3)C2OP(C)OCCC#N. The second-order valence-electron chi connectivity index (χ2n) is 7.51. The van der Waals surface area contributed by atoms with Gasteiger partial charge in [0.1, 0.15) is 23.4 Å². The maximum absolute atomic E-state index is 12.4. The van der Waals surface area contributed by atoms with Crippen LogP contribution >= 0.6 is 8.38 Å². The van der Waals surface area contributed by atoms with Gasteiger partial charge in [-0.1, -0.05) is 6.92 Å². The molecular weight excluding hydrogens is 385 g/mol. The summed E-state index contributed by atoms with van der Waals surface area (Å²) < 4.78 is 26.1. The summed E-state index contributed by atoms with van der Waals surface area (Å²) in [6.45, 7) is 5.83. The summed E-state index contributed by atoms with van der Waals surface area (Å²) in [5.74, 6) is 0. The lowest BCUT2D eigenvalue weighted by Gasteiger charge is -2.38. The molecule has 1 N–H and O–H groups in total. The Hall–Kier alpha value is -1.56. The lowest BCUT2D eigenvalue weighted by atomic mass is 9.88. The summed E-state index contributed by atoms with van der Waals surface area (Å²) in [5, 5.41) is 8.68. The molecule has 5 atom stereocenters. The number of hydrogen-bond acceptors (Lipinski definition) is 7. The van der Waals surface area contributed by atoms with Gasteiger partial charge >= 0.3 is 5.69 Å². The number of fused-ring (bicyclic) bond motifs is 3. The molecule has 3 fully saturated rings. The average molecular weight is 409 g/mol. The number of H-pyrrole nitrogens is 1. The topological polar surface area (TPSA) is 116 Å². The number of rotatable bonds is 7.